The summed E-state index contributed by atoms with van der Waals surface area (Å²) < 4.78 is 20.6. The maximum absolute atomic E-state index is 8.93. The fourth-order valence-corrected chi connectivity index (χ4v) is 6.89. The monoisotopic (exact) mass is 1150 g/mol. The summed E-state index contributed by atoms with van der Waals surface area (Å²) in [5, 5.41) is 18.9. The molecule has 0 amide bonds. The van der Waals surface area contributed by atoms with Crippen molar-refractivity contribution in [2.24, 2.45) is 0 Å². The number of carbonyl (C=O) groups excluding carboxylic acids is 1. The van der Waals surface area contributed by atoms with E-state index in [0.717, 1.165) is 29.7 Å². The first-order valence-corrected chi connectivity index (χ1v) is 23.8. The fraction of sp³-hybridized carbons (Fsp3) is 0.607. The molecular weight excluding hydrogens is 1100 g/mol. The van der Waals surface area contributed by atoms with Gasteiger partial charge in [-0.05, 0) is 138 Å². The molecule has 18 heteroatoms. The molecule has 0 atom stereocenters. The van der Waals surface area contributed by atoms with Gasteiger partial charge in [-0.1, -0.05) is 64.9 Å². The fourth-order valence-electron chi connectivity index (χ4n) is 2.09. The van der Waals surface area contributed by atoms with Gasteiger partial charge in [0.25, 0.3) is 6.47 Å². The average molecular weight is 1150 g/mol. The van der Waals surface area contributed by atoms with E-state index in [1.807, 2.05) is 12.1 Å². The summed E-state index contributed by atoms with van der Waals surface area (Å²) in [7, 11) is -3.13. The number of carbonyl (C=O) groups is 1. The minimum Gasteiger partial charge on any atom is -1.00 e. The molecule has 0 saturated heterocycles. The summed E-state index contributed by atoms with van der Waals surface area (Å²) in [5.74, 6) is 0.940. The van der Waals surface area contributed by atoms with Crippen molar-refractivity contribution in [2.45, 2.75) is 85.2 Å². The van der Waals surface area contributed by atoms with Crippen LogP contribution in [0.1, 0.15) is 50.4 Å². The van der Waals surface area contributed by atoms with Crippen molar-refractivity contribution in [3.8, 4) is 11.5 Å². The maximum Gasteiger partial charge on any atom is 1.00 e. The van der Waals surface area contributed by atoms with Gasteiger partial charge < -0.3 is 30.3 Å². The number of hydrogen-bond donors (Lipinski definition) is 1. The molecule has 2 aromatic heterocycles. The Kier molecular flexibility index (Phi) is 38.8. The van der Waals surface area contributed by atoms with Gasteiger partial charge >= 0.3 is 103 Å². The van der Waals surface area contributed by atoms with Crippen molar-refractivity contribution < 1.29 is 138 Å². The van der Waals surface area contributed by atoms with E-state index in [0.29, 0.717) is 22.9 Å². The van der Waals surface area contributed by atoms with E-state index in [2.05, 4.69) is 176 Å². The Bertz CT molecular complexity index is 1110. The van der Waals surface area contributed by atoms with Crippen LogP contribution < -0.4 is 113 Å². The third kappa shape index (κ3) is 27.5. The molecule has 0 saturated carbocycles. The van der Waals surface area contributed by atoms with Gasteiger partial charge in [0.15, 0.2) is 22.4 Å². The molecule has 0 aliphatic rings. The normalized spacial score (nSPS) is 10.8. The molecule has 0 radical (unpaired) electrons. The molecular formula is C28H49Br3I2K2N2O7Si2. The van der Waals surface area contributed by atoms with E-state index in [1.54, 1.807) is 12.1 Å². The van der Waals surface area contributed by atoms with Crippen molar-refractivity contribution in [2.75, 3.05) is 25.2 Å². The van der Waals surface area contributed by atoms with Crippen LogP contribution in [0.15, 0.2) is 33.5 Å². The predicted molar refractivity (Wildman–Crippen MR) is 212 cm³/mol. The molecule has 0 aliphatic carbocycles. The summed E-state index contributed by atoms with van der Waals surface area (Å²) in [6.45, 7) is 24.3. The van der Waals surface area contributed by atoms with E-state index < -0.39 is 16.6 Å². The van der Waals surface area contributed by atoms with E-state index in [-0.39, 0.29) is 129 Å². The second-order valence-electron chi connectivity index (χ2n) is 11.8. The quantitative estimate of drug-likeness (QED) is 0.0588. The summed E-state index contributed by atoms with van der Waals surface area (Å²) >= 11 is 14.1. The number of pyridine rings is 2. The van der Waals surface area contributed by atoms with Gasteiger partial charge in [0, 0.05) is 11.9 Å². The Balaban J connectivity index is -0.000000129. The zero-order valence-corrected chi connectivity index (χ0v) is 45.7. The Morgan fingerprint density at radius 3 is 1.57 bits per heavy atom. The maximum atomic E-state index is 8.93. The molecule has 258 valence electrons. The number of aromatic nitrogens is 2. The van der Waals surface area contributed by atoms with Crippen LogP contribution in [0.4, 0.5) is 0 Å². The smallest absolute Gasteiger partial charge is 1.00 e. The van der Waals surface area contributed by atoms with E-state index in [9.17, 15) is 0 Å². The van der Waals surface area contributed by atoms with Crippen molar-refractivity contribution >= 4 is 116 Å². The van der Waals surface area contributed by atoms with Crippen LogP contribution in [-0.2, 0) is 18.5 Å². The third-order valence-electron chi connectivity index (χ3n) is 6.57. The van der Waals surface area contributed by atoms with Crippen molar-refractivity contribution in [3.05, 3.63) is 40.9 Å². The predicted octanol–water partition coefficient (Wildman–Crippen LogP) is 3.60. The summed E-state index contributed by atoms with van der Waals surface area (Å²) in [4.78, 5) is 19.5. The van der Waals surface area contributed by atoms with Gasteiger partial charge in [0.05, 0.1) is 6.61 Å². The molecule has 1 N–H and O–H groups in total. The summed E-state index contributed by atoms with van der Waals surface area (Å²) in [6, 6.07) is 7.18. The molecule has 0 bridgehead atoms. The van der Waals surface area contributed by atoms with Crippen LogP contribution in [0.3, 0.4) is 0 Å². The largest absolute Gasteiger partial charge is 1.00 e. The van der Waals surface area contributed by atoms with Gasteiger partial charge in [0.2, 0.25) is 0 Å². The number of aromatic hydroxyl groups is 1. The van der Waals surface area contributed by atoms with Gasteiger partial charge in [-0.15, -0.1) is 0 Å². The Labute approximate surface area is 418 Å². The standard InChI is InChI=1S/C13H21BrINO2Si.C8H19BrOSi.C5H3BrINO.CH2O3.CH4.2K.H/c1-13(2,3)19(4,5)18-9-8-17-10-6-7-11(15)16-12(10)14;1-8(2,3)11(4,5)10-7-6-9;6-5-3(9)1-2-4(7)8-5;2-1-4-3;;;;/h6-7H,8-9H2,1-5H3;6-7H2,1-5H3;1-2,9H;1,3H;1H4;;;/q;;;;;2*+1;-1/p-1. The Hall–Kier alpha value is 3.86. The van der Waals surface area contributed by atoms with Gasteiger partial charge in [-0.25, -0.2) is 9.97 Å². The molecule has 2 aromatic rings. The SMILES string of the molecule is C.CC(C)(C)[Si](C)(C)OCCBr.CC(C)(C)[Si](C)(C)OCCOc1ccc(I)nc1Br.O=CO[O-].Oc1ccc(I)nc1Br.[H-].[K+].[K+]. The topological polar surface area (TPSA) is 123 Å². The van der Waals surface area contributed by atoms with Crippen molar-refractivity contribution in [1.29, 1.82) is 0 Å². The minimum atomic E-state index is -1.67. The van der Waals surface area contributed by atoms with Gasteiger partial charge in [-0.3, -0.25) is 4.79 Å². The zero-order valence-electron chi connectivity index (χ0n) is 29.4. The zero-order chi connectivity index (χ0) is 34.1. The average Bonchev–Trinajstić information content (AvgIpc) is 2.88. The number of nitrogens with zero attached hydrogens (tertiary/aromatic N) is 2. The number of halogens is 5. The van der Waals surface area contributed by atoms with Crippen molar-refractivity contribution in [3.63, 3.8) is 0 Å². The number of alkyl halides is 1. The molecule has 0 aromatic carbocycles. The summed E-state index contributed by atoms with van der Waals surface area (Å²) in [6.07, 6.45) is 0. The van der Waals surface area contributed by atoms with Crippen LogP contribution >= 0.6 is 93.0 Å². The molecule has 0 aliphatic heterocycles. The van der Waals surface area contributed by atoms with E-state index >= 15 is 0 Å². The molecule has 0 spiro atoms. The minimum absolute atomic E-state index is 0. The van der Waals surface area contributed by atoms with Crippen LogP contribution in [-0.4, -0.2) is 63.3 Å². The molecule has 0 fully saturated rings. The second kappa shape index (κ2) is 30.2. The molecule has 9 nitrogen and oxygen atoms in total. The second-order valence-corrected chi connectivity index (χ2v) is 25.9. The number of hydrogen-bond acceptors (Lipinski definition) is 9. The first kappa shape index (κ1) is 59.1. The van der Waals surface area contributed by atoms with Crippen molar-refractivity contribution in [1.82, 2.24) is 9.97 Å². The number of ether oxygens (including phenoxy) is 1. The summed E-state index contributed by atoms with van der Waals surface area (Å²) in [5.41, 5.74) is 0. The van der Waals surface area contributed by atoms with E-state index in [1.165, 1.54) is 0 Å². The first-order valence-electron chi connectivity index (χ1n) is 13.1. The molecule has 46 heavy (non-hydrogen) atoms. The van der Waals surface area contributed by atoms with Crippen LogP contribution in [0.2, 0.25) is 36.3 Å². The molecule has 2 heterocycles. The molecule has 0 unspecified atom stereocenters. The Morgan fingerprint density at radius 2 is 1.24 bits per heavy atom. The third-order valence-corrected chi connectivity index (χ3v) is 18.3. The first-order chi connectivity index (χ1) is 19.6. The molecule has 2 rings (SSSR count). The van der Waals surface area contributed by atoms with Crippen LogP contribution in [0.25, 0.3) is 0 Å². The van der Waals surface area contributed by atoms with Gasteiger partial charge in [-0.2, -0.15) is 0 Å². The van der Waals surface area contributed by atoms with Crippen LogP contribution in [0, 0.1) is 7.40 Å². The van der Waals surface area contributed by atoms with E-state index in [4.69, 9.17) is 28.7 Å². The Morgan fingerprint density at radius 1 is 0.848 bits per heavy atom. The number of rotatable bonds is 9. The van der Waals surface area contributed by atoms with Gasteiger partial charge in [0.1, 0.15) is 29.0 Å². The van der Waals surface area contributed by atoms with Crippen LogP contribution in [0.5, 0.6) is 11.5 Å².